The predicted octanol–water partition coefficient (Wildman–Crippen LogP) is 2.87. The van der Waals surface area contributed by atoms with Crippen molar-refractivity contribution in [1.82, 2.24) is 14.7 Å². The number of likely N-dealkylation sites (tertiary alicyclic amines) is 1. The van der Waals surface area contributed by atoms with E-state index in [4.69, 9.17) is 0 Å². The molecule has 0 amide bonds. The Bertz CT molecular complexity index is 681. The normalized spacial score (nSPS) is 22.2. The van der Waals surface area contributed by atoms with Crippen molar-refractivity contribution in [2.45, 2.75) is 39.3 Å². The van der Waals surface area contributed by atoms with E-state index in [1.54, 1.807) is 0 Å². The van der Waals surface area contributed by atoms with Crippen molar-refractivity contribution in [2.24, 2.45) is 5.92 Å². The molecule has 0 unspecified atom stereocenters. The van der Waals surface area contributed by atoms with Gasteiger partial charge >= 0.3 is 5.97 Å². The standard InChI is InChI=1S/C18H23N3O2/c1-13-15(12-21(19-13)16-7-4-3-5-8-16)11-20-10-6-9-17(14(20)2)18(22)23/h3-5,7-8,12,14,17H,6,9-11H2,1-2H3,(H,22,23)/t14-,17-/m1/s1. The van der Waals surface area contributed by atoms with Gasteiger partial charge in [-0.3, -0.25) is 9.69 Å². The van der Waals surface area contributed by atoms with Crippen molar-refractivity contribution in [3.8, 4) is 5.69 Å². The van der Waals surface area contributed by atoms with E-state index < -0.39 is 5.97 Å². The summed E-state index contributed by atoms with van der Waals surface area (Å²) in [5.41, 5.74) is 3.20. The summed E-state index contributed by atoms with van der Waals surface area (Å²) in [5, 5.41) is 14.0. The Morgan fingerprint density at radius 1 is 1.35 bits per heavy atom. The lowest BCUT2D eigenvalue weighted by atomic mass is 9.90. The molecule has 1 aliphatic heterocycles. The first-order chi connectivity index (χ1) is 11.1. The van der Waals surface area contributed by atoms with Gasteiger partial charge in [0.1, 0.15) is 0 Å². The molecule has 5 nitrogen and oxygen atoms in total. The van der Waals surface area contributed by atoms with E-state index in [9.17, 15) is 9.90 Å². The highest BCUT2D eigenvalue weighted by atomic mass is 16.4. The van der Waals surface area contributed by atoms with E-state index in [-0.39, 0.29) is 12.0 Å². The second kappa shape index (κ2) is 6.54. The minimum absolute atomic E-state index is 0.0562. The summed E-state index contributed by atoms with van der Waals surface area (Å²) >= 11 is 0. The zero-order chi connectivity index (χ0) is 16.4. The lowest BCUT2D eigenvalue weighted by Crippen LogP contribution is -2.45. The molecule has 2 aromatic rings. The van der Waals surface area contributed by atoms with Crippen molar-refractivity contribution in [3.63, 3.8) is 0 Å². The number of hydrogen-bond acceptors (Lipinski definition) is 3. The molecule has 0 bridgehead atoms. The van der Waals surface area contributed by atoms with Crippen LogP contribution in [0.1, 0.15) is 31.0 Å². The summed E-state index contributed by atoms with van der Waals surface area (Å²) in [4.78, 5) is 13.6. The molecule has 1 N–H and O–H groups in total. The molecule has 5 heteroatoms. The molecular weight excluding hydrogens is 290 g/mol. The van der Waals surface area contributed by atoms with Crippen molar-refractivity contribution in [1.29, 1.82) is 0 Å². The average Bonchev–Trinajstić information content (AvgIpc) is 2.91. The van der Waals surface area contributed by atoms with Crippen LogP contribution in [0.15, 0.2) is 36.5 Å². The van der Waals surface area contributed by atoms with Crippen molar-refractivity contribution in [3.05, 3.63) is 47.8 Å². The number of rotatable bonds is 4. The second-order valence-electron chi connectivity index (χ2n) is 6.32. The van der Waals surface area contributed by atoms with Crippen LogP contribution in [0.4, 0.5) is 0 Å². The van der Waals surface area contributed by atoms with Crippen molar-refractivity contribution < 1.29 is 9.90 Å². The van der Waals surface area contributed by atoms with Gasteiger partial charge in [0, 0.05) is 24.3 Å². The average molecular weight is 313 g/mol. The summed E-state index contributed by atoms with van der Waals surface area (Å²) in [7, 11) is 0. The maximum atomic E-state index is 11.4. The van der Waals surface area contributed by atoms with Gasteiger partial charge in [0.25, 0.3) is 0 Å². The lowest BCUT2D eigenvalue weighted by Gasteiger charge is -2.37. The monoisotopic (exact) mass is 313 g/mol. The Labute approximate surface area is 136 Å². The third kappa shape index (κ3) is 3.29. The summed E-state index contributed by atoms with van der Waals surface area (Å²) in [6, 6.07) is 10.1. The van der Waals surface area contributed by atoms with Gasteiger partial charge in [0.2, 0.25) is 0 Å². The fourth-order valence-electron chi connectivity index (χ4n) is 3.35. The third-order valence-corrected chi connectivity index (χ3v) is 4.83. The van der Waals surface area contributed by atoms with Gasteiger partial charge in [-0.15, -0.1) is 0 Å². The zero-order valence-corrected chi connectivity index (χ0v) is 13.6. The number of aryl methyl sites for hydroxylation is 1. The molecule has 1 aromatic heterocycles. The molecule has 122 valence electrons. The number of nitrogens with zero attached hydrogens (tertiary/aromatic N) is 3. The number of piperidine rings is 1. The van der Waals surface area contributed by atoms with Crippen LogP contribution < -0.4 is 0 Å². The molecule has 0 radical (unpaired) electrons. The highest BCUT2D eigenvalue weighted by molar-refractivity contribution is 5.71. The smallest absolute Gasteiger partial charge is 0.308 e. The zero-order valence-electron chi connectivity index (χ0n) is 13.6. The van der Waals surface area contributed by atoms with E-state index in [2.05, 4.69) is 16.2 Å². The fraction of sp³-hybridized carbons (Fsp3) is 0.444. The molecule has 0 aliphatic carbocycles. The van der Waals surface area contributed by atoms with Gasteiger partial charge in [0.15, 0.2) is 0 Å². The topological polar surface area (TPSA) is 58.4 Å². The molecule has 1 aromatic carbocycles. The van der Waals surface area contributed by atoms with E-state index in [1.807, 2.05) is 48.9 Å². The summed E-state index contributed by atoms with van der Waals surface area (Å²) in [6.07, 6.45) is 3.77. The van der Waals surface area contributed by atoms with Gasteiger partial charge in [0.05, 0.1) is 17.3 Å². The predicted molar refractivity (Wildman–Crippen MR) is 88.5 cm³/mol. The fourth-order valence-corrected chi connectivity index (χ4v) is 3.35. The Morgan fingerprint density at radius 2 is 2.09 bits per heavy atom. The number of aromatic nitrogens is 2. The number of carboxylic acids is 1. The third-order valence-electron chi connectivity index (χ3n) is 4.83. The number of carbonyl (C=O) groups is 1. The van der Waals surface area contributed by atoms with Gasteiger partial charge in [-0.2, -0.15) is 5.10 Å². The summed E-state index contributed by atoms with van der Waals surface area (Å²) < 4.78 is 1.90. The Kier molecular flexibility index (Phi) is 4.48. The number of para-hydroxylation sites is 1. The Balaban J connectivity index is 1.78. The molecule has 0 spiro atoms. The first-order valence-corrected chi connectivity index (χ1v) is 8.13. The molecular formula is C18H23N3O2. The number of benzene rings is 1. The lowest BCUT2D eigenvalue weighted by molar-refractivity contribution is -0.145. The van der Waals surface area contributed by atoms with E-state index in [0.717, 1.165) is 42.9 Å². The first kappa shape index (κ1) is 15.7. The quantitative estimate of drug-likeness (QED) is 0.943. The first-order valence-electron chi connectivity index (χ1n) is 8.13. The van der Waals surface area contributed by atoms with Gasteiger partial charge < -0.3 is 5.11 Å². The van der Waals surface area contributed by atoms with Gasteiger partial charge in [-0.25, -0.2) is 4.68 Å². The summed E-state index contributed by atoms with van der Waals surface area (Å²) in [5.74, 6) is -0.952. The van der Waals surface area contributed by atoms with Crippen LogP contribution >= 0.6 is 0 Å². The molecule has 3 rings (SSSR count). The molecule has 2 atom stereocenters. The molecule has 2 heterocycles. The van der Waals surface area contributed by atoms with Crippen molar-refractivity contribution >= 4 is 5.97 Å². The van der Waals surface area contributed by atoms with E-state index >= 15 is 0 Å². The molecule has 1 saturated heterocycles. The van der Waals surface area contributed by atoms with Gasteiger partial charge in [-0.05, 0) is 45.4 Å². The van der Waals surface area contributed by atoms with E-state index in [1.165, 1.54) is 0 Å². The van der Waals surface area contributed by atoms with Gasteiger partial charge in [-0.1, -0.05) is 18.2 Å². The SMILES string of the molecule is Cc1nn(-c2ccccc2)cc1CN1CCC[C@@H](C(=O)O)[C@H]1C. The molecule has 1 aliphatic rings. The van der Waals surface area contributed by atoms with Crippen LogP contribution in [-0.4, -0.2) is 38.3 Å². The van der Waals surface area contributed by atoms with Crippen LogP contribution in [0, 0.1) is 12.8 Å². The van der Waals surface area contributed by atoms with Crippen LogP contribution in [0.5, 0.6) is 0 Å². The van der Waals surface area contributed by atoms with Crippen LogP contribution in [-0.2, 0) is 11.3 Å². The van der Waals surface area contributed by atoms with Crippen LogP contribution in [0.3, 0.4) is 0 Å². The maximum absolute atomic E-state index is 11.4. The molecule has 0 saturated carbocycles. The van der Waals surface area contributed by atoms with Crippen LogP contribution in [0.2, 0.25) is 0 Å². The molecule has 23 heavy (non-hydrogen) atoms. The van der Waals surface area contributed by atoms with Crippen LogP contribution in [0.25, 0.3) is 5.69 Å². The number of hydrogen-bond donors (Lipinski definition) is 1. The summed E-state index contributed by atoms with van der Waals surface area (Å²) in [6.45, 7) is 5.73. The minimum Gasteiger partial charge on any atom is -0.481 e. The largest absolute Gasteiger partial charge is 0.481 e. The Morgan fingerprint density at radius 3 is 2.78 bits per heavy atom. The highest BCUT2D eigenvalue weighted by Gasteiger charge is 2.33. The highest BCUT2D eigenvalue weighted by Crippen LogP contribution is 2.26. The molecule has 1 fully saturated rings. The number of carboxylic acid groups (broad SMARTS) is 1. The van der Waals surface area contributed by atoms with E-state index in [0.29, 0.717) is 0 Å². The minimum atomic E-state index is -0.682. The Hall–Kier alpha value is -2.14. The number of aliphatic carboxylic acids is 1. The maximum Gasteiger partial charge on any atom is 0.308 e. The van der Waals surface area contributed by atoms with Crippen molar-refractivity contribution in [2.75, 3.05) is 6.54 Å². The second-order valence-corrected chi connectivity index (χ2v) is 6.32.